The van der Waals surface area contributed by atoms with Crippen LogP contribution in [0.1, 0.15) is 12.0 Å². The molecule has 6 nitrogen and oxygen atoms in total. The first-order chi connectivity index (χ1) is 9.58. The highest BCUT2D eigenvalue weighted by atomic mass is 16.2. The number of urea groups is 1. The van der Waals surface area contributed by atoms with Crippen LogP contribution in [0.3, 0.4) is 0 Å². The Balaban J connectivity index is 2.17. The Morgan fingerprint density at radius 1 is 1.20 bits per heavy atom. The molecule has 3 amide bonds. The molecule has 0 aromatic carbocycles. The third kappa shape index (κ3) is 1.85. The Bertz CT molecular complexity index is 779. The predicted octanol–water partition coefficient (Wildman–Crippen LogP) is 1.05. The van der Waals surface area contributed by atoms with Gasteiger partial charge in [0.15, 0.2) is 0 Å². The Morgan fingerprint density at radius 2 is 2.00 bits per heavy atom. The molecule has 0 aliphatic carbocycles. The minimum Gasteiger partial charge on any atom is -0.321 e. The number of fused-ring (bicyclic) bond motifs is 1. The third-order valence-electron chi connectivity index (χ3n) is 3.45. The van der Waals surface area contributed by atoms with E-state index in [0.29, 0.717) is 5.56 Å². The molecule has 0 saturated carbocycles. The van der Waals surface area contributed by atoms with Crippen LogP contribution in [-0.4, -0.2) is 22.9 Å². The van der Waals surface area contributed by atoms with E-state index >= 15 is 0 Å². The summed E-state index contributed by atoms with van der Waals surface area (Å²) in [5, 5.41) is 2.22. The second kappa shape index (κ2) is 4.48. The summed E-state index contributed by atoms with van der Waals surface area (Å²) >= 11 is 0. The van der Waals surface area contributed by atoms with E-state index < -0.39 is 6.03 Å². The number of hydrogen-bond donors (Lipinski definition) is 1. The highest BCUT2D eigenvalue weighted by Gasteiger charge is 2.26. The first-order valence-electron chi connectivity index (χ1n) is 6.30. The Hall–Kier alpha value is -2.63. The van der Waals surface area contributed by atoms with Gasteiger partial charge in [0.1, 0.15) is 5.69 Å². The summed E-state index contributed by atoms with van der Waals surface area (Å²) in [6, 6.07) is 5.00. The van der Waals surface area contributed by atoms with Crippen molar-refractivity contribution in [2.24, 2.45) is 0 Å². The SMILES string of the molecule is Cc1c(=O)c(N2CCC(=O)NC2=O)cn2ccccc12. The standard InChI is InChI=1S/C14H13N3O3/c1-9-10-4-2-3-6-16(10)8-11(13(9)19)17-7-5-12(18)15-14(17)20/h2-4,6,8H,5,7H2,1H3,(H,15,18,20). The summed E-state index contributed by atoms with van der Waals surface area (Å²) in [5.74, 6) is -0.316. The van der Waals surface area contributed by atoms with Crippen molar-refractivity contribution in [1.82, 2.24) is 9.72 Å². The number of hydrogen-bond acceptors (Lipinski definition) is 3. The lowest BCUT2D eigenvalue weighted by molar-refractivity contribution is -0.120. The van der Waals surface area contributed by atoms with E-state index in [1.54, 1.807) is 17.5 Å². The van der Waals surface area contributed by atoms with Gasteiger partial charge in [-0.05, 0) is 19.1 Å². The molecule has 102 valence electrons. The van der Waals surface area contributed by atoms with Gasteiger partial charge in [-0.2, -0.15) is 0 Å². The van der Waals surface area contributed by atoms with Gasteiger partial charge in [0.05, 0.1) is 5.52 Å². The van der Waals surface area contributed by atoms with Gasteiger partial charge < -0.3 is 4.40 Å². The molecule has 2 aromatic heterocycles. The molecule has 3 rings (SSSR count). The van der Waals surface area contributed by atoms with Gasteiger partial charge >= 0.3 is 6.03 Å². The minimum absolute atomic E-state index is 0.194. The number of carbonyl (C=O) groups is 2. The largest absolute Gasteiger partial charge is 0.328 e. The molecule has 20 heavy (non-hydrogen) atoms. The zero-order valence-electron chi connectivity index (χ0n) is 10.9. The van der Waals surface area contributed by atoms with E-state index in [9.17, 15) is 14.4 Å². The summed E-state index contributed by atoms with van der Waals surface area (Å²) in [6.07, 6.45) is 3.64. The number of anilines is 1. The maximum absolute atomic E-state index is 12.4. The van der Waals surface area contributed by atoms with Crippen LogP contribution in [0.4, 0.5) is 10.5 Å². The zero-order chi connectivity index (χ0) is 14.3. The predicted molar refractivity (Wildman–Crippen MR) is 73.9 cm³/mol. The van der Waals surface area contributed by atoms with Crippen molar-refractivity contribution >= 4 is 23.1 Å². The fraction of sp³-hybridized carbons (Fsp3) is 0.214. The van der Waals surface area contributed by atoms with Crippen molar-refractivity contribution in [3.8, 4) is 0 Å². The number of carbonyl (C=O) groups excluding carboxylic acids is 2. The van der Waals surface area contributed by atoms with Gasteiger partial charge in [-0.25, -0.2) is 4.79 Å². The normalized spacial score (nSPS) is 15.6. The van der Waals surface area contributed by atoms with Gasteiger partial charge in [0.25, 0.3) is 0 Å². The summed E-state index contributed by atoms with van der Waals surface area (Å²) in [4.78, 5) is 36.7. The van der Waals surface area contributed by atoms with Crippen molar-refractivity contribution in [2.45, 2.75) is 13.3 Å². The van der Waals surface area contributed by atoms with E-state index in [-0.39, 0.29) is 30.0 Å². The van der Waals surface area contributed by atoms with E-state index in [4.69, 9.17) is 0 Å². The first kappa shape index (κ1) is 12.4. The topological polar surface area (TPSA) is 70.9 Å². The number of imide groups is 1. The van der Waals surface area contributed by atoms with Gasteiger partial charge in [-0.15, -0.1) is 0 Å². The number of nitrogens with one attached hydrogen (secondary N) is 1. The number of pyridine rings is 2. The molecule has 1 saturated heterocycles. The molecule has 1 aliphatic heterocycles. The summed E-state index contributed by atoms with van der Waals surface area (Å²) in [5.41, 5.74) is 1.47. The second-order valence-corrected chi connectivity index (χ2v) is 4.72. The van der Waals surface area contributed by atoms with Crippen LogP contribution in [0.2, 0.25) is 0 Å². The molecular formula is C14H13N3O3. The molecule has 0 bridgehead atoms. The molecular weight excluding hydrogens is 258 g/mol. The lowest BCUT2D eigenvalue weighted by Gasteiger charge is -2.26. The maximum Gasteiger partial charge on any atom is 0.328 e. The highest BCUT2D eigenvalue weighted by molar-refractivity contribution is 6.05. The molecule has 1 aliphatic rings. The lowest BCUT2D eigenvalue weighted by Crippen LogP contribution is -2.51. The molecule has 0 spiro atoms. The lowest BCUT2D eigenvalue weighted by atomic mass is 10.2. The number of aromatic nitrogens is 1. The monoisotopic (exact) mass is 271 g/mol. The Kier molecular flexibility index (Phi) is 2.78. The van der Waals surface area contributed by atoms with Crippen LogP contribution in [-0.2, 0) is 4.79 Å². The van der Waals surface area contributed by atoms with Crippen LogP contribution in [0.25, 0.3) is 5.52 Å². The van der Waals surface area contributed by atoms with Gasteiger partial charge in [0.2, 0.25) is 11.3 Å². The van der Waals surface area contributed by atoms with Crippen LogP contribution in [0.15, 0.2) is 35.4 Å². The molecule has 2 aromatic rings. The van der Waals surface area contributed by atoms with Crippen LogP contribution < -0.4 is 15.6 Å². The van der Waals surface area contributed by atoms with E-state index in [1.165, 1.54) is 4.90 Å². The molecule has 0 unspecified atom stereocenters. The highest BCUT2D eigenvalue weighted by Crippen LogP contribution is 2.16. The molecule has 6 heteroatoms. The fourth-order valence-electron chi connectivity index (χ4n) is 2.37. The van der Waals surface area contributed by atoms with Crippen molar-refractivity contribution < 1.29 is 9.59 Å². The third-order valence-corrected chi connectivity index (χ3v) is 3.45. The number of rotatable bonds is 1. The molecule has 0 atom stereocenters. The smallest absolute Gasteiger partial charge is 0.321 e. The number of aryl methyl sites for hydroxylation is 1. The minimum atomic E-state index is -0.548. The number of amides is 3. The van der Waals surface area contributed by atoms with Crippen LogP contribution in [0, 0.1) is 6.92 Å². The Morgan fingerprint density at radius 3 is 2.75 bits per heavy atom. The van der Waals surface area contributed by atoms with E-state index in [1.807, 2.05) is 24.4 Å². The zero-order valence-corrected chi connectivity index (χ0v) is 10.9. The van der Waals surface area contributed by atoms with Gasteiger partial charge in [-0.3, -0.25) is 19.8 Å². The average Bonchev–Trinajstić information content (AvgIpc) is 2.43. The molecule has 3 heterocycles. The van der Waals surface area contributed by atoms with E-state index in [0.717, 1.165) is 5.52 Å². The summed E-state index contributed by atoms with van der Waals surface area (Å²) in [6.45, 7) is 1.95. The quantitative estimate of drug-likeness (QED) is 0.843. The molecule has 1 N–H and O–H groups in total. The number of nitrogens with zero attached hydrogens (tertiary/aromatic N) is 2. The van der Waals surface area contributed by atoms with Crippen molar-refractivity contribution in [2.75, 3.05) is 11.4 Å². The fourth-order valence-corrected chi connectivity index (χ4v) is 2.37. The first-order valence-corrected chi connectivity index (χ1v) is 6.30. The average molecular weight is 271 g/mol. The van der Waals surface area contributed by atoms with E-state index in [2.05, 4.69) is 5.32 Å². The van der Waals surface area contributed by atoms with Crippen molar-refractivity contribution in [3.05, 3.63) is 46.4 Å². The van der Waals surface area contributed by atoms with Crippen LogP contribution >= 0.6 is 0 Å². The maximum atomic E-state index is 12.4. The van der Waals surface area contributed by atoms with Gasteiger partial charge in [-0.1, -0.05) is 6.07 Å². The van der Waals surface area contributed by atoms with Crippen molar-refractivity contribution in [3.63, 3.8) is 0 Å². The van der Waals surface area contributed by atoms with Crippen LogP contribution in [0.5, 0.6) is 0 Å². The second-order valence-electron chi connectivity index (χ2n) is 4.72. The van der Waals surface area contributed by atoms with Crippen molar-refractivity contribution in [1.29, 1.82) is 0 Å². The summed E-state index contributed by atoms with van der Waals surface area (Å²) in [7, 11) is 0. The molecule has 1 fully saturated rings. The Labute approximate surface area is 114 Å². The van der Waals surface area contributed by atoms with Gasteiger partial charge in [0, 0.05) is 30.9 Å². The molecule has 0 radical (unpaired) electrons. The summed E-state index contributed by atoms with van der Waals surface area (Å²) < 4.78 is 1.80.